The van der Waals surface area contributed by atoms with Gasteiger partial charge in [0.15, 0.2) is 5.13 Å². The summed E-state index contributed by atoms with van der Waals surface area (Å²) >= 11 is 7.39. The highest BCUT2D eigenvalue weighted by Gasteiger charge is 2.11. The Labute approximate surface area is 175 Å². The molecule has 0 radical (unpaired) electrons. The van der Waals surface area contributed by atoms with Crippen molar-refractivity contribution in [2.75, 3.05) is 16.0 Å². The van der Waals surface area contributed by atoms with E-state index in [1.807, 2.05) is 6.07 Å². The monoisotopic (exact) mass is 422 g/mol. The van der Waals surface area contributed by atoms with Crippen molar-refractivity contribution in [2.45, 2.75) is 0 Å². The van der Waals surface area contributed by atoms with Gasteiger partial charge in [-0.15, -0.1) is 0 Å². The first-order valence-corrected chi connectivity index (χ1v) is 9.87. The minimum atomic E-state index is -0.403. The Bertz CT molecular complexity index is 1190. The van der Waals surface area contributed by atoms with Gasteiger partial charge in [-0.05, 0) is 42.5 Å². The van der Waals surface area contributed by atoms with Crippen molar-refractivity contribution in [1.29, 1.82) is 0 Å². The van der Waals surface area contributed by atoms with E-state index in [9.17, 15) is 9.59 Å². The van der Waals surface area contributed by atoms with Gasteiger partial charge in [0.05, 0.1) is 20.9 Å². The van der Waals surface area contributed by atoms with Gasteiger partial charge in [-0.3, -0.25) is 10.1 Å². The van der Waals surface area contributed by atoms with Crippen LogP contribution in [0.3, 0.4) is 0 Å². The zero-order valence-electron chi connectivity index (χ0n) is 15.0. The molecule has 4 aromatic rings. The molecule has 0 atom stereocenters. The second-order valence-corrected chi connectivity index (χ2v) is 7.52. The molecule has 0 unspecified atom stereocenters. The number of anilines is 3. The van der Waals surface area contributed by atoms with Gasteiger partial charge in [0, 0.05) is 11.3 Å². The van der Waals surface area contributed by atoms with Gasteiger partial charge >= 0.3 is 6.03 Å². The lowest BCUT2D eigenvalue weighted by atomic mass is 10.2. The average molecular weight is 423 g/mol. The Balaban J connectivity index is 1.46. The number of fused-ring (bicyclic) bond motifs is 1. The fraction of sp³-hybridized carbons (Fsp3) is 0. The average Bonchev–Trinajstić information content (AvgIpc) is 3.12. The highest BCUT2D eigenvalue weighted by atomic mass is 35.5. The fourth-order valence-electron chi connectivity index (χ4n) is 2.66. The molecule has 0 saturated carbocycles. The number of hydrogen-bond acceptors (Lipinski definition) is 4. The van der Waals surface area contributed by atoms with Crippen LogP contribution in [-0.4, -0.2) is 16.9 Å². The second kappa shape index (κ2) is 8.30. The van der Waals surface area contributed by atoms with Crippen molar-refractivity contribution in [1.82, 2.24) is 4.98 Å². The summed E-state index contributed by atoms with van der Waals surface area (Å²) in [7, 11) is 0. The van der Waals surface area contributed by atoms with Crippen LogP contribution in [0.5, 0.6) is 0 Å². The van der Waals surface area contributed by atoms with Crippen molar-refractivity contribution >= 4 is 61.6 Å². The number of carbonyl (C=O) groups excluding carboxylic acids is 2. The molecule has 3 N–H and O–H groups in total. The van der Waals surface area contributed by atoms with E-state index in [-0.39, 0.29) is 5.91 Å². The zero-order chi connectivity index (χ0) is 20.2. The first-order valence-electron chi connectivity index (χ1n) is 8.68. The van der Waals surface area contributed by atoms with Gasteiger partial charge < -0.3 is 10.6 Å². The molecule has 4 rings (SSSR count). The van der Waals surface area contributed by atoms with Crippen molar-refractivity contribution in [3.63, 3.8) is 0 Å². The molecule has 0 aliphatic carbocycles. The molecule has 8 heteroatoms. The maximum atomic E-state index is 12.3. The number of urea groups is 1. The minimum Gasteiger partial charge on any atom is -0.308 e. The number of para-hydroxylation sites is 1. The number of hydrogen-bond donors (Lipinski definition) is 3. The third kappa shape index (κ3) is 4.53. The maximum absolute atomic E-state index is 12.3. The van der Waals surface area contributed by atoms with Crippen LogP contribution in [0.2, 0.25) is 5.02 Å². The van der Waals surface area contributed by atoms with Crippen LogP contribution in [0, 0.1) is 0 Å². The van der Waals surface area contributed by atoms with Crippen LogP contribution in [0.15, 0.2) is 72.8 Å². The Kier molecular flexibility index (Phi) is 5.41. The predicted molar refractivity (Wildman–Crippen MR) is 118 cm³/mol. The van der Waals surface area contributed by atoms with Crippen LogP contribution >= 0.6 is 22.9 Å². The van der Waals surface area contributed by atoms with E-state index in [0.717, 1.165) is 10.2 Å². The summed E-state index contributed by atoms with van der Waals surface area (Å²) < 4.78 is 0.837. The molecule has 29 heavy (non-hydrogen) atoms. The van der Waals surface area contributed by atoms with Gasteiger partial charge in [0.1, 0.15) is 0 Å². The van der Waals surface area contributed by atoms with Crippen molar-refractivity contribution < 1.29 is 9.59 Å². The standard InChI is InChI=1S/C21H15ClN4O2S/c22-15-8-4-5-9-16(15)24-20(28)23-14-10-11-17-18(12-14)29-21(25-17)26-19(27)13-6-2-1-3-7-13/h1-12H,(H2,23,24,28)(H,25,26,27). The van der Waals surface area contributed by atoms with E-state index in [1.165, 1.54) is 11.3 Å². The van der Waals surface area contributed by atoms with Gasteiger partial charge in [0.2, 0.25) is 0 Å². The Morgan fingerprint density at radius 1 is 0.862 bits per heavy atom. The summed E-state index contributed by atoms with van der Waals surface area (Å²) in [6.07, 6.45) is 0. The van der Waals surface area contributed by atoms with Crippen LogP contribution in [-0.2, 0) is 0 Å². The molecule has 6 nitrogen and oxygen atoms in total. The maximum Gasteiger partial charge on any atom is 0.323 e. The van der Waals surface area contributed by atoms with Gasteiger partial charge in [0.25, 0.3) is 5.91 Å². The number of rotatable bonds is 4. The molecule has 1 aromatic heterocycles. The number of nitrogens with zero attached hydrogens (tertiary/aromatic N) is 1. The summed E-state index contributed by atoms with van der Waals surface area (Å²) in [6.45, 7) is 0. The molecule has 3 amide bonds. The zero-order valence-corrected chi connectivity index (χ0v) is 16.6. The largest absolute Gasteiger partial charge is 0.323 e. The summed E-state index contributed by atoms with van der Waals surface area (Å²) in [5.41, 5.74) is 2.42. The number of thiazole rings is 1. The van der Waals surface area contributed by atoms with Gasteiger partial charge in [-0.25, -0.2) is 9.78 Å². The number of nitrogens with one attached hydrogen (secondary N) is 3. The van der Waals surface area contributed by atoms with Crippen molar-refractivity contribution in [2.24, 2.45) is 0 Å². The van der Waals surface area contributed by atoms with E-state index in [2.05, 4.69) is 20.9 Å². The minimum absolute atomic E-state index is 0.220. The number of benzene rings is 3. The Morgan fingerprint density at radius 2 is 1.62 bits per heavy atom. The lowest BCUT2D eigenvalue weighted by Crippen LogP contribution is -2.19. The highest BCUT2D eigenvalue weighted by molar-refractivity contribution is 7.22. The highest BCUT2D eigenvalue weighted by Crippen LogP contribution is 2.29. The van der Waals surface area contributed by atoms with E-state index in [4.69, 9.17) is 11.6 Å². The summed E-state index contributed by atoms with van der Waals surface area (Å²) in [5.74, 6) is -0.220. The SMILES string of the molecule is O=C(Nc1ccc2nc(NC(=O)c3ccccc3)sc2c1)Nc1ccccc1Cl. The van der Waals surface area contributed by atoms with E-state index in [0.29, 0.717) is 27.1 Å². The molecular formula is C21H15ClN4O2S. The Morgan fingerprint density at radius 3 is 2.41 bits per heavy atom. The van der Waals surface area contributed by atoms with Gasteiger partial charge in [-0.1, -0.05) is 53.3 Å². The molecule has 1 heterocycles. The quantitative estimate of drug-likeness (QED) is 0.386. The molecule has 0 saturated heterocycles. The van der Waals surface area contributed by atoms with Crippen LogP contribution in [0.25, 0.3) is 10.2 Å². The van der Waals surface area contributed by atoms with Crippen LogP contribution in [0.1, 0.15) is 10.4 Å². The molecule has 0 spiro atoms. The number of amides is 3. The third-order valence-corrected chi connectivity index (χ3v) is 5.29. The molecule has 3 aromatic carbocycles. The lowest BCUT2D eigenvalue weighted by Gasteiger charge is -2.08. The van der Waals surface area contributed by atoms with Crippen molar-refractivity contribution in [3.8, 4) is 0 Å². The number of halogens is 1. The lowest BCUT2D eigenvalue weighted by molar-refractivity contribution is 0.102. The Hall–Kier alpha value is -3.42. The third-order valence-electron chi connectivity index (χ3n) is 4.02. The van der Waals surface area contributed by atoms with Crippen LogP contribution < -0.4 is 16.0 Å². The summed E-state index contributed by atoms with van der Waals surface area (Å²) in [6, 6.07) is 20.9. The molecule has 0 bridgehead atoms. The summed E-state index contributed by atoms with van der Waals surface area (Å²) in [4.78, 5) is 28.9. The van der Waals surface area contributed by atoms with Crippen LogP contribution in [0.4, 0.5) is 21.3 Å². The smallest absolute Gasteiger partial charge is 0.308 e. The van der Waals surface area contributed by atoms with E-state index < -0.39 is 6.03 Å². The molecule has 0 aliphatic rings. The molecular weight excluding hydrogens is 408 g/mol. The molecule has 0 fully saturated rings. The van der Waals surface area contributed by atoms with E-state index >= 15 is 0 Å². The number of aromatic nitrogens is 1. The second-order valence-electron chi connectivity index (χ2n) is 6.08. The predicted octanol–water partition coefficient (Wildman–Crippen LogP) is 5.85. The van der Waals surface area contributed by atoms with Gasteiger partial charge in [-0.2, -0.15) is 0 Å². The molecule has 144 valence electrons. The first-order chi connectivity index (χ1) is 14.1. The fourth-order valence-corrected chi connectivity index (χ4v) is 3.75. The first kappa shape index (κ1) is 18.9. The molecule has 0 aliphatic heterocycles. The van der Waals surface area contributed by atoms with E-state index in [1.54, 1.807) is 66.7 Å². The topological polar surface area (TPSA) is 83.1 Å². The summed E-state index contributed by atoms with van der Waals surface area (Å²) in [5, 5.41) is 9.22. The normalized spacial score (nSPS) is 10.5. The van der Waals surface area contributed by atoms with Crippen molar-refractivity contribution in [3.05, 3.63) is 83.4 Å². The number of carbonyl (C=O) groups is 2.